The second-order valence-corrected chi connectivity index (χ2v) is 22.8. The number of rotatable bonds is 62. The van der Waals surface area contributed by atoms with Crippen molar-refractivity contribution >= 4 is 11.9 Å². The number of esters is 1. The fourth-order valence-electron chi connectivity index (χ4n) is 10.4. The van der Waals surface area contributed by atoms with Crippen LogP contribution >= 0.6 is 0 Å². The molecule has 0 fully saturated rings. The number of carbonyl (C=O) groups is 2. The highest BCUT2D eigenvalue weighted by Crippen LogP contribution is 2.18. The number of aliphatic hydroxyl groups is 2. The zero-order valence-electron chi connectivity index (χ0n) is 49.4. The van der Waals surface area contributed by atoms with E-state index in [9.17, 15) is 19.8 Å². The molecule has 3 N–H and O–H groups in total. The summed E-state index contributed by atoms with van der Waals surface area (Å²) in [5, 5.41) is 23.4. The van der Waals surface area contributed by atoms with Crippen molar-refractivity contribution in [1.82, 2.24) is 5.32 Å². The van der Waals surface area contributed by atoms with Crippen molar-refractivity contribution in [3.8, 4) is 0 Å². The highest BCUT2D eigenvalue weighted by atomic mass is 16.5. The van der Waals surface area contributed by atoms with Crippen LogP contribution in [0, 0.1) is 0 Å². The number of carbonyl (C=O) groups excluding carboxylic acids is 2. The fraction of sp³-hybridized carbons (Fsp3) is 0.910. The quantitative estimate of drug-likeness (QED) is 0.0320. The van der Waals surface area contributed by atoms with E-state index in [0.29, 0.717) is 25.9 Å². The van der Waals surface area contributed by atoms with E-state index in [1.807, 2.05) is 0 Å². The Kier molecular flexibility index (Phi) is 61.4. The van der Waals surface area contributed by atoms with E-state index in [0.717, 1.165) is 57.8 Å². The van der Waals surface area contributed by atoms with Crippen molar-refractivity contribution in [2.45, 2.75) is 379 Å². The molecule has 0 saturated heterocycles. The third kappa shape index (κ3) is 59.4. The first-order chi connectivity index (χ1) is 36.0. The molecule has 2 unspecified atom stereocenters. The summed E-state index contributed by atoms with van der Waals surface area (Å²) in [5.74, 6) is -0.0515. The van der Waals surface area contributed by atoms with Gasteiger partial charge in [0.2, 0.25) is 5.91 Å². The molecular weight excluding hydrogens is 899 g/mol. The molecular formula is C67H129NO5. The molecule has 0 radical (unpaired) electrons. The molecule has 0 aromatic rings. The Bertz CT molecular complexity index is 1140. The van der Waals surface area contributed by atoms with Crippen molar-refractivity contribution < 1.29 is 24.5 Å². The summed E-state index contributed by atoms with van der Waals surface area (Å²) in [4.78, 5) is 24.6. The normalized spacial score (nSPS) is 12.7. The molecule has 0 bridgehead atoms. The number of ether oxygens (including phenoxy) is 1. The second-order valence-electron chi connectivity index (χ2n) is 22.8. The van der Waals surface area contributed by atoms with Gasteiger partial charge in [0, 0.05) is 12.8 Å². The highest BCUT2D eigenvalue weighted by molar-refractivity contribution is 5.76. The molecule has 1 amide bonds. The maximum atomic E-state index is 12.5. The van der Waals surface area contributed by atoms with E-state index in [-0.39, 0.29) is 18.5 Å². The van der Waals surface area contributed by atoms with E-state index in [1.165, 1.54) is 276 Å². The molecule has 432 valence electrons. The molecule has 0 aliphatic heterocycles. The lowest BCUT2D eigenvalue weighted by atomic mass is 10.0. The summed E-state index contributed by atoms with van der Waals surface area (Å²) in [6, 6.07) is -0.552. The van der Waals surface area contributed by atoms with E-state index >= 15 is 0 Å². The van der Waals surface area contributed by atoms with Crippen LogP contribution in [-0.4, -0.2) is 47.4 Å². The van der Waals surface area contributed by atoms with Gasteiger partial charge in [0.25, 0.3) is 0 Å². The summed E-state index contributed by atoms with van der Waals surface area (Å²) in [7, 11) is 0. The van der Waals surface area contributed by atoms with Gasteiger partial charge in [-0.05, 0) is 77.0 Å². The zero-order chi connectivity index (χ0) is 52.9. The Morgan fingerprint density at radius 2 is 0.644 bits per heavy atom. The maximum absolute atomic E-state index is 12.5. The van der Waals surface area contributed by atoms with Gasteiger partial charge in [-0.3, -0.25) is 9.59 Å². The first-order valence-corrected chi connectivity index (χ1v) is 33.1. The molecule has 6 heteroatoms. The van der Waals surface area contributed by atoms with Gasteiger partial charge in [-0.25, -0.2) is 0 Å². The average Bonchev–Trinajstić information content (AvgIpc) is 3.39. The van der Waals surface area contributed by atoms with Crippen LogP contribution in [0.1, 0.15) is 367 Å². The summed E-state index contributed by atoms with van der Waals surface area (Å²) < 4.78 is 5.48. The maximum Gasteiger partial charge on any atom is 0.305 e. The lowest BCUT2D eigenvalue weighted by Crippen LogP contribution is -2.45. The predicted octanol–water partition coefficient (Wildman–Crippen LogP) is 21.0. The number of amides is 1. The first kappa shape index (κ1) is 71.3. The lowest BCUT2D eigenvalue weighted by molar-refractivity contribution is -0.143. The van der Waals surface area contributed by atoms with E-state index in [1.54, 1.807) is 0 Å². The Labute approximate surface area is 456 Å². The molecule has 73 heavy (non-hydrogen) atoms. The van der Waals surface area contributed by atoms with Crippen molar-refractivity contribution in [2.75, 3.05) is 13.2 Å². The van der Waals surface area contributed by atoms with Gasteiger partial charge in [0.05, 0.1) is 25.4 Å². The Morgan fingerprint density at radius 3 is 0.973 bits per heavy atom. The molecule has 0 aliphatic rings. The predicted molar refractivity (Wildman–Crippen MR) is 320 cm³/mol. The Hall–Kier alpha value is -1.66. The topological polar surface area (TPSA) is 95.9 Å². The number of hydrogen-bond acceptors (Lipinski definition) is 5. The van der Waals surface area contributed by atoms with Crippen LogP contribution < -0.4 is 5.32 Å². The second kappa shape index (κ2) is 62.9. The molecule has 6 nitrogen and oxygen atoms in total. The SMILES string of the molecule is CCCCCCCCC/C=C\CCCCCCCC(=O)OCCCCCCCC/C=C\CCCCCCCCCC(=O)NC(CO)C(O)CCCCCCCCCCCCCCCCCCCCCCCCC. The Morgan fingerprint density at radius 1 is 0.370 bits per heavy atom. The monoisotopic (exact) mass is 1030 g/mol. The summed E-state index contributed by atoms with van der Waals surface area (Å²) >= 11 is 0. The first-order valence-electron chi connectivity index (χ1n) is 33.1. The number of hydrogen-bond donors (Lipinski definition) is 3. The largest absolute Gasteiger partial charge is 0.466 e. The summed E-state index contributed by atoms with van der Waals surface area (Å²) in [5.41, 5.74) is 0. The lowest BCUT2D eigenvalue weighted by Gasteiger charge is -2.22. The minimum atomic E-state index is -0.674. The fourth-order valence-corrected chi connectivity index (χ4v) is 10.4. The molecule has 0 rings (SSSR count). The minimum absolute atomic E-state index is 0.00821. The van der Waals surface area contributed by atoms with Crippen LogP contribution in [0.15, 0.2) is 24.3 Å². The van der Waals surface area contributed by atoms with Gasteiger partial charge in [-0.1, -0.05) is 301 Å². The Balaban J connectivity index is 3.45. The highest BCUT2D eigenvalue weighted by Gasteiger charge is 2.20. The van der Waals surface area contributed by atoms with Crippen LogP contribution in [0.5, 0.6) is 0 Å². The van der Waals surface area contributed by atoms with Gasteiger partial charge >= 0.3 is 5.97 Å². The van der Waals surface area contributed by atoms with Gasteiger partial charge in [-0.15, -0.1) is 0 Å². The average molecular weight is 1030 g/mol. The van der Waals surface area contributed by atoms with Crippen LogP contribution in [0.3, 0.4) is 0 Å². The van der Waals surface area contributed by atoms with Crippen LogP contribution in [0.2, 0.25) is 0 Å². The molecule has 0 heterocycles. The molecule has 0 aliphatic carbocycles. The van der Waals surface area contributed by atoms with Gasteiger partial charge in [-0.2, -0.15) is 0 Å². The number of nitrogens with one attached hydrogen (secondary N) is 1. The van der Waals surface area contributed by atoms with Crippen molar-refractivity contribution in [3.63, 3.8) is 0 Å². The van der Waals surface area contributed by atoms with Gasteiger partial charge in [0.1, 0.15) is 0 Å². The number of unbranched alkanes of at least 4 members (excludes halogenated alkanes) is 47. The standard InChI is InChI=1S/C67H129NO5/c1-3-5-7-9-11-13-15-17-19-21-22-23-24-25-26-28-31-35-39-43-47-51-55-59-65(70)64(63-69)68-66(71)60-56-52-48-44-40-36-32-29-27-30-34-38-42-46-50-54-58-62-73-67(72)61-57-53-49-45-41-37-33-20-18-16-14-12-10-8-6-4-2/h20,27,30,33,64-65,69-70H,3-19,21-26,28-29,31-32,34-63H2,1-2H3,(H,68,71)/b30-27-,33-20-. The van der Waals surface area contributed by atoms with E-state index < -0.39 is 12.1 Å². The zero-order valence-corrected chi connectivity index (χ0v) is 49.4. The van der Waals surface area contributed by atoms with E-state index in [2.05, 4.69) is 43.5 Å². The molecule has 2 atom stereocenters. The number of aliphatic hydroxyl groups excluding tert-OH is 2. The summed E-state index contributed by atoms with van der Waals surface area (Å²) in [6.45, 7) is 4.96. The molecule has 0 aromatic carbocycles. The minimum Gasteiger partial charge on any atom is -0.466 e. The van der Waals surface area contributed by atoms with Crippen molar-refractivity contribution in [2.24, 2.45) is 0 Å². The van der Waals surface area contributed by atoms with Crippen LogP contribution in [0.4, 0.5) is 0 Å². The molecule has 0 saturated carbocycles. The third-order valence-electron chi connectivity index (χ3n) is 15.5. The van der Waals surface area contributed by atoms with Gasteiger partial charge < -0.3 is 20.3 Å². The van der Waals surface area contributed by atoms with Crippen molar-refractivity contribution in [3.05, 3.63) is 24.3 Å². The smallest absolute Gasteiger partial charge is 0.305 e. The van der Waals surface area contributed by atoms with Gasteiger partial charge in [0.15, 0.2) is 0 Å². The van der Waals surface area contributed by atoms with Crippen LogP contribution in [-0.2, 0) is 14.3 Å². The van der Waals surface area contributed by atoms with Crippen LogP contribution in [0.25, 0.3) is 0 Å². The molecule has 0 spiro atoms. The summed E-state index contributed by atoms with van der Waals surface area (Å²) in [6.07, 6.45) is 77.7. The molecule has 0 aromatic heterocycles. The third-order valence-corrected chi connectivity index (χ3v) is 15.5. The van der Waals surface area contributed by atoms with E-state index in [4.69, 9.17) is 4.74 Å². The van der Waals surface area contributed by atoms with Crippen molar-refractivity contribution in [1.29, 1.82) is 0 Å². The number of allylic oxidation sites excluding steroid dienone is 4.